The number of para-hydroxylation sites is 2. The van der Waals surface area contributed by atoms with Gasteiger partial charge in [-0.05, 0) is 18.6 Å². The minimum atomic E-state index is 0.769. The summed E-state index contributed by atoms with van der Waals surface area (Å²) >= 11 is 0. The zero-order valence-corrected chi connectivity index (χ0v) is 13.6. The van der Waals surface area contributed by atoms with E-state index >= 15 is 0 Å². The van der Waals surface area contributed by atoms with Crippen molar-refractivity contribution in [1.82, 2.24) is 5.32 Å². The summed E-state index contributed by atoms with van der Waals surface area (Å²) in [5.41, 5.74) is 0. The van der Waals surface area contributed by atoms with E-state index in [1.165, 1.54) is 32.1 Å². The maximum absolute atomic E-state index is 9.83. The molecule has 4 nitrogen and oxygen atoms in total. The molecule has 120 valence electrons. The average molecular weight is 295 g/mol. The lowest BCUT2D eigenvalue weighted by atomic mass is 10.1. The first-order valence-electron chi connectivity index (χ1n) is 7.64. The lowest BCUT2D eigenvalue weighted by molar-refractivity contribution is -0.109. The van der Waals surface area contributed by atoms with Crippen LogP contribution >= 0.6 is 0 Å². The van der Waals surface area contributed by atoms with Gasteiger partial charge in [-0.1, -0.05) is 51.2 Å². The van der Waals surface area contributed by atoms with E-state index in [9.17, 15) is 4.79 Å². The van der Waals surface area contributed by atoms with Crippen LogP contribution in [0.25, 0.3) is 0 Å². The largest absolute Gasteiger partial charge is 0.493 e. The zero-order chi connectivity index (χ0) is 15.8. The smallest absolute Gasteiger partial charge is 0.207 e. The Morgan fingerprint density at radius 3 is 1.95 bits per heavy atom. The van der Waals surface area contributed by atoms with Gasteiger partial charge in [0.25, 0.3) is 0 Å². The van der Waals surface area contributed by atoms with Crippen molar-refractivity contribution in [2.75, 3.05) is 20.8 Å². The molecule has 0 aliphatic heterocycles. The first kappa shape index (κ1) is 19.3. The third-order valence-corrected chi connectivity index (χ3v) is 3.05. The van der Waals surface area contributed by atoms with Crippen LogP contribution in [-0.2, 0) is 4.79 Å². The highest BCUT2D eigenvalue weighted by molar-refractivity contribution is 5.45. The fraction of sp³-hybridized carbons (Fsp3) is 0.588. The van der Waals surface area contributed by atoms with Gasteiger partial charge in [0.2, 0.25) is 6.41 Å². The van der Waals surface area contributed by atoms with Crippen LogP contribution in [0, 0.1) is 0 Å². The Bertz CT molecular complexity index is 333. The number of benzene rings is 1. The molecular formula is C17H29NO3. The Labute approximate surface area is 128 Å². The summed E-state index contributed by atoms with van der Waals surface area (Å²) < 4.78 is 10.0. The molecule has 0 atom stereocenters. The van der Waals surface area contributed by atoms with Crippen molar-refractivity contribution in [2.45, 2.75) is 45.4 Å². The minimum absolute atomic E-state index is 0.769. The van der Waals surface area contributed by atoms with Crippen LogP contribution in [0.2, 0.25) is 0 Å². The molecule has 21 heavy (non-hydrogen) atoms. The highest BCUT2D eigenvalue weighted by Gasteiger charge is 1.97. The summed E-state index contributed by atoms with van der Waals surface area (Å²) in [5, 5.41) is 2.66. The van der Waals surface area contributed by atoms with E-state index in [1.807, 2.05) is 24.3 Å². The predicted octanol–water partition coefficient (Wildman–Crippen LogP) is 3.80. The molecular weight excluding hydrogens is 266 g/mol. The topological polar surface area (TPSA) is 47.6 Å². The third kappa shape index (κ3) is 10.7. The summed E-state index contributed by atoms with van der Waals surface area (Å²) in [6, 6.07) is 7.53. The van der Waals surface area contributed by atoms with Crippen molar-refractivity contribution >= 4 is 6.41 Å². The van der Waals surface area contributed by atoms with E-state index < -0.39 is 0 Å². The van der Waals surface area contributed by atoms with Gasteiger partial charge in [0, 0.05) is 6.54 Å². The fourth-order valence-electron chi connectivity index (χ4n) is 1.85. The summed E-state index contributed by atoms with van der Waals surface area (Å²) in [5.74, 6) is 1.54. The average Bonchev–Trinajstić information content (AvgIpc) is 2.54. The van der Waals surface area contributed by atoms with E-state index in [0.717, 1.165) is 30.9 Å². The Morgan fingerprint density at radius 1 is 0.952 bits per heavy atom. The van der Waals surface area contributed by atoms with Crippen molar-refractivity contribution < 1.29 is 14.3 Å². The van der Waals surface area contributed by atoms with Gasteiger partial charge in [-0.25, -0.2) is 0 Å². The SMILES string of the molecule is CCCCCCCCNC=O.COc1ccccc1OC. The Hall–Kier alpha value is -1.71. The minimum Gasteiger partial charge on any atom is -0.493 e. The summed E-state index contributed by atoms with van der Waals surface area (Å²) in [6.07, 6.45) is 8.45. The standard InChI is InChI=1S/C9H19NO.C8H10O2/c1-2-3-4-5-6-7-8-10-9-11;1-9-7-5-3-4-6-8(7)10-2/h9H,2-8H2,1H3,(H,10,11);3-6H,1-2H3. The van der Waals surface area contributed by atoms with Crippen LogP contribution in [0.4, 0.5) is 0 Å². The lowest BCUT2D eigenvalue weighted by Gasteiger charge is -2.04. The molecule has 0 spiro atoms. The monoisotopic (exact) mass is 295 g/mol. The van der Waals surface area contributed by atoms with Crippen LogP contribution in [0.5, 0.6) is 11.5 Å². The highest BCUT2D eigenvalue weighted by Crippen LogP contribution is 2.24. The quantitative estimate of drug-likeness (QED) is 0.527. The second kappa shape index (κ2) is 14.7. The van der Waals surface area contributed by atoms with E-state index in [4.69, 9.17) is 9.47 Å². The second-order valence-corrected chi connectivity index (χ2v) is 4.69. The molecule has 0 bridgehead atoms. The molecule has 0 unspecified atom stereocenters. The molecule has 4 heteroatoms. The fourth-order valence-corrected chi connectivity index (χ4v) is 1.85. The lowest BCUT2D eigenvalue weighted by Crippen LogP contribution is -2.11. The molecule has 0 fully saturated rings. The molecule has 1 rings (SSSR count). The third-order valence-electron chi connectivity index (χ3n) is 3.05. The van der Waals surface area contributed by atoms with Gasteiger partial charge in [0.15, 0.2) is 11.5 Å². The molecule has 0 radical (unpaired) electrons. The van der Waals surface area contributed by atoms with Gasteiger partial charge >= 0.3 is 0 Å². The van der Waals surface area contributed by atoms with E-state index in [1.54, 1.807) is 14.2 Å². The maximum atomic E-state index is 9.83. The van der Waals surface area contributed by atoms with Crippen LogP contribution in [0.1, 0.15) is 45.4 Å². The van der Waals surface area contributed by atoms with Crippen molar-refractivity contribution in [3.8, 4) is 11.5 Å². The van der Waals surface area contributed by atoms with Gasteiger partial charge < -0.3 is 14.8 Å². The molecule has 1 N–H and O–H groups in total. The Kier molecular flexibility index (Phi) is 13.5. The van der Waals surface area contributed by atoms with Gasteiger partial charge in [-0.2, -0.15) is 0 Å². The second-order valence-electron chi connectivity index (χ2n) is 4.69. The van der Waals surface area contributed by atoms with Crippen LogP contribution in [-0.4, -0.2) is 27.2 Å². The Balaban J connectivity index is 0.000000382. The molecule has 0 aromatic heterocycles. The number of unbranched alkanes of at least 4 members (excludes halogenated alkanes) is 5. The van der Waals surface area contributed by atoms with Gasteiger partial charge in [0.1, 0.15) is 0 Å². The van der Waals surface area contributed by atoms with Crippen molar-refractivity contribution in [3.63, 3.8) is 0 Å². The van der Waals surface area contributed by atoms with Crippen LogP contribution in [0.3, 0.4) is 0 Å². The maximum Gasteiger partial charge on any atom is 0.207 e. The summed E-state index contributed by atoms with van der Waals surface area (Å²) in [4.78, 5) is 9.83. The van der Waals surface area contributed by atoms with Crippen LogP contribution < -0.4 is 14.8 Å². The van der Waals surface area contributed by atoms with E-state index in [0.29, 0.717) is 0 Å². The summed E-state index contributed by atoms with van der Waals surface area (Å²) in [7, 11) is 3.25. The first-order chi connectivity index (χ1) is 10.3. The van der Waals surface area contributed by atoms with Crippen molar-refractivity contribution in [2.24, 2.45) is 0 Å². The normalized spacial score (nSPS) is 9.29. The number of methoxy groups -OCH3 is 2. The molecule has 0 heterocycles. The number of carbonyl (C=O) groups is 1. The first-order valence-corrected chi connectivity index (χ1v) is 7.64. The molecule has 0 saturated heterocycles. The number of hydrogen-bond donors (Lipinski definition) is 1. The number of carbonyl (C=O) groups excluding carboxylic acids is 1. The summed E-state index contributed by atoms with van der Waals surface area (Å²) in [6.45, 7) is 3.06. The number of ether oxygens (including phenoxy) is 2. The number of rotatable bonds is 10. The van der Waals surface area contributed by atoms with Crippen molar-refractivity contribution in [3.05, 3.63) is 24.3 Å². The molecule has 1 aromatic rings. The van der Waals surface area contributed by atoms with Crippen molar-refractivity contribution in [1.29, 1.82) is 0 Å². The predicted molar refractivity (Wildman–Crippen MR) is 87.0 cm³/mol. The molecule has 0 aliphatic carbocycles. The van der Waals surface area contributed by atoms with Gasteiger partial charge in [-0.15, -0.1) is 0 Å². The van der Waals surface area contributed by atoms with Gasteiger partial charge in [0.05, 0.1) is 14.2 Å². The molecule has 0 saturated carbocycles. The molecule has 1 aromatic carbocycles. The number of hydrogen-bond acceptors (Lipinski definition) is 3. The Morgan fingerprint density at radius 2 is 1.48 bits per heavy atom. The molecule has 0 aliphatic rings. The number of nitrogens with one attached hydrogen (secondary N) is 1. The van der Waals surface area contributed by atoms with E-state index in [-0.39, 0.29) is 0 Å². The molecule has 1 amide bonds. The van der Waals surface area contributed by atoms with Crippen LogP contribution in [0.15, 0.2) is 24.3 Å². The highest BCUT2D eigenvalue weighted by atomic mass is 16.5. The zero-order valence-electron chi connectivity index (χ0n) is 13.6. The number of amides is 1. The van der Waals surface area contributed by atoms with E-state index in [2.05, 4.69) is 12.2 Å². The van der Waals surface area contributed by atoms with Gasteiger partial charge in [-0.3, -0.25) is 4.79 Å².